The van der Waals surface area contributed by atoms with Crippen molar-refractivity contribution in [1.29, 1.82) is 0 Å². The van der Waals surface area contributed by atoms with Gasteiger partial charge in [-0.3, -0.25) is 0 Å². The van der Waals surface area contributed by atoms with Gasteiger partial charge in [0.15, 0.2) is 0 Å². The highest BCUT2D eigenvalue weighted by molar-refractivity contribution is 7.98. The average molecular weight is 347 g/mol. The minimum atomic E-state index is -0.136. The van der Waals surface area contributed by atoms with E-state index < -0.39 is 0 Å². The Morgan fingerprint density at radius 3 is 2.56 bits per heavy atom. The summed E-state index contributed by atoms with van der Waals surface area (Å²) in [7, 11) is 0. The number of fused-ring (bicyclic) bond motifs is 1. The van der Waals surface area contributed by atoms with Crippen molar-refractivity contribution in [3.8, 4) is 0 Å². The van der Waals surface area contributed by atoms with E-state index in [1.54, 1.807) is 0 Å². The summed E-state index contributed by atoms with van der Waals surface area (Å²) in [6.45, 7) is 4.85. The van der Waals surface area contributed by atoms with E-state index in [-0.39, 0.29) is 5.54 Å². The van der Waals surface area contributed by atoms with Crippen LogP contribution < -0.4 is 0 Å². The standard InChI is InChI=1S/C22H21NOS/c1-22(2)15-24-21(23-22)19-12-5-6-13-20(19)25-14-17-10-7-9-16-8-3-4-11-18(16)17/h3-13H,14-15H2,1-2H3. The number of thioether (sulfide) groups is 1. The van der Waals surface area contributed by atoms with Crippen molar-refractivity contribution in [3.05, 3.63) is 77.9 Å². The first-order valence-electron chi connectivity index (χ1n) is 8.54. The molecule has 3 heteroatoms. The Balaban J connectivity index is 1.62. The molecule has 0 radical (unpaired) electrons. The van der Waals surface area contributed by atoms with Gasteiger partial charge in [0, 0.05) is 16.2 Å². The Bertz CT molecular complexity index is 940. The lowest BCUT2D eigenvalue weighted by Crippen LogP contribution is -2.17. The molecule has 0 aliphatic carbocycles. The molecule has 0 bridgehead atoms. The number of rotatable bonds is 4. The van der Waals surface area contributed by atoms with Gasteiger partial charge in [0.2, 0.25) is 5.90 Å². The quantitative estimate of drug-likeness (QED) is 0.566. The molecule has 1 aliphatic rings. The van der Waals surface area contributed by atoms with E-state index in [0.717, 1.165) is 17.2 Å². The summed E-state index contributed by atoms with van der Waals surface area (Å²) in [6.07, 6.45) is 0. The molecule has 1 heterocycles. The Kier molecular flexibility index (Phi) is 4.26. The number of aliphatic imine (C=N–C) groups is 1. The fraction of sp³-hybridized carbons (Fsp3) is 0.227. The molecular formula is C22H21NOS. The van der Waals surface area contributed by atoms with E-state index in [9.17, 15) is 0 Å². The van der Waals surface area contributed by atoms with Crippen molar-refractivity contribution in [1.82, 2.24) is 0 Å². The minimum absolute atomic E-state index is 0.136. The predicted octanol–water partition coefficient (Wildman–Crippen LogP) is 5.69. The summed E-state index contributed by atoms with van der Waals surface area (Å²) in [5, 5.41) is 2.62. The van der Waals surface area contributed by atoms with Gasteiger partial charge in [0.05, 0.1) is 5.54 Å². The lowest BCUT2D eigenvalue weighted by Gasteiger charge is -2.10. The van der Waals surface area contributed by atoms with Crippen LogP contribution in [0.1, 0.15) is 25.0 Å². The third kappa shape index (κ3) is 3.42. The molecule has 4 rings (SSSR count). The van der Waals surface area contributed by atoms with Crippen LogP contribution in [0.3, 0.4) is 0 Å². The van der Waals surface area contributed by atoms with Gasteiger partial charge in [-0.25, -0.2) is 4.99 Å². The lowest BCUT2D eigenvalue weighted by molar-refractivity contribution is 0.279. The van der Waals surface area contributed by atoms with Crippen LogP contribution in [0.5, 0.6) is 0 Å². The molecule has 0 amide bonds. The molecular weight excluding hydrogens is 326 g/mol. The van der Waals surface area contributed by atoms with E-state index in [1.165, 1.54) is 21.2 Å². The van der Waals surface area contributed by atoms with Crippen molar-refractivity contribution in [3.63, 3.8) is 0 Å². The van der Waals surface area contributed by atoms with E-state index >= 15 is 0 Å². The average Bonchev–Trinajstić information content (AvgIpc) is 3.00. The van der Waals surface area contributed by atoms with E-state index in [1.807, 2.05) is 11.8 Å². The molecule has 0 unspecified atom stereocenters. The van der Waals surface area contributed by atoms with Gasteiger partial charge in [-0.2, -0.15) is 0 Å². The van der Waals surface area contributed by atoms with Gasteiger partial charge in [-0.1, -0.05) is 54.6 Å². The highest BCUT2D eigenvalue weighted by atomic mass is 32.2. The van der Waals surface area contributed by atoms with Crippen LogP contribution in [0.25, 0.3) is 10.8 Å². The van der Waals surface area contributed by atoms with Crippen molar-refractivity contribution < 1.29 is 4.74 Å². The third-order valence-electron chi connectivity index (χ3n) is 4.35. The molecule has 0 saturated carbocycles. The van der Waals surface area contributed by atoms with Crippen LogP contribution in [-0.4, -0.2) is 18.0 Å². The van der Waals surface area contributed by atoms with Crippen LogP contribution in [0.15, 0.2) is 76.6 Å². The second-order valence-electron chi connectivity index (χ2n) is 6.94. The van der Waals surface area contributed by atoms with Crippen molar-refractivity contribution in [2.45, 2.75) is 30.0 Å². The summed E-state index contributed by atoms with van der Waals surface area (Å²) in [4.78, 5) is 5.95. The zero-order chi connectivity index (χ0) is 17.3. The third-order valence-corrected chi connectivity index (χ3v) is 5.47. The molecule has 2 nitrogen and oxygen atoms in total. The molecule has 0 spiro atoms. The molecule has 0 saturated heterocycles. The second kappa shape index (κ2) is 6.57. The van der Waals surface area contributed by atoms with Gasteiger partial charge >= 0.3 is 0 Å². The zero-order valence-corrected chi connectivity index (χ0v) is 15.3. The van der Waals surface area contributed by atoms with E-state index in [0.29, 0.717) is 6.61 Å². The molecule has 126 valence electrons. The molecule has 1 aliphatic heterocycles. The molecule has 0 fully saturated rings. The first-order chi connectivity index (χ1) is 12.1. The zero-order valence-electron chi connectivity index (χ0n) is 14.5. The Morgan fingerprint density at radius 2 is 1.72 bits per heavy atom. The van der Waals surface area contributed by atoms with Crippen LogP contribution in [-0.2, 0) is 10.5 Å². The normalized spacial score (nSPS) is 15.8. The van der Waals surface area contributed by atoms with Gasteiger partial charge in [0.25, 0.3) is 0 Å². The summed E-state index contributed by atoms with van der Waals surface area (Å²) < 4.78 is 5.85. The van der Waals surface area contributed by atoms with Crippen LogP contribution in [0.2, 0.25) is 0 Å². The summed E-state index contributed by atoms with van der Waals surface area (Å²) in [5.74, 6) is 1.70. The van der Waals surface area contributed by atoms with Gasteiger partial charge in [-0.05, 0) is 42.3 Å². The maximum Gasteiger partial charge on any atom is 0.217 e. The van der Waals surface area contributed by atoms with Crippen molar-refractivity contribution in [2.24, 2.45) is 4.99 Å². The van der Waals surface area contributed by atoms with Crippen molar-refractivity contribution in [2.75, 3.05) is 6.61 Å². The number of hydrogen-bond acceptors (Lipinski definition) is 3. The smallest absolute Gasteiger partial charge is 0.217 e. The summed E-state index contributed by atoms with van der Waals surface area (Å²) >= 11 is 1.84. The lowest BCUT2D eigenvalue weighted by atomic mass is 10.1. The van der Waals surface area contributed by atoms with Gasteiger partial charge in [0.1, 0.15) is 6.61 Å². The van der Waals surface area contributed by atoms with Crippen molar-refractivity contribution >= 4 is 28.4 Å². The molecule has 3 aromatic rings. The second-order valence-corrected chi connectivity index (χ2v) is 7.96. The molecule has 3 aromatic carbocycles. The fourth-order valence-corrected chi connectivity index (χ4v) is 4.11. The summed E-state index contributed by atoms with van der Waals surface area (Å²) in [6, 6.07) is 23.5. The van der Waals surface area contributed by atoms with Crippen LogP contribution in [0, 0.1) is 0 Å². The molecule has 25 heavy (non-hydrogen) atoms. The van der Waals surface area contributed by atoms with Crippen LogP contribution in [0.4, 0.5) is 0 Å². The predicted molar refractivity (Wildman–Crippen MR) is 107 cm³/mol. The molecule has 0 aromatic heterocycles. The largest absolute Gasteiger partial charge is 0.475 e. The number of nitrogens with zero attached hydrogens (tertiary/aromatic N) is 1. The topological polar surface area (TPSA) is 21.6 Å². The maximum absolute atomic E-state index is 5.85. The Morgan fingerprint density at radius 1 is 0.960 bits per heavy atom. The first-order valence-corrected chi connectivity index (χ1v) is 9.52. The number of benzene rings is 3. The van der Waals surface area contributed by atoms with E-state index in [2.05, 4.69) is 80.6 Å². The minimum Gasteiger partial charge on any atom is -0.475 e. The maximum atomic E-state index is 5.85. The van der Waals surface area contributed by atoms with Crippen LogP contribution >= 0.6 is 11.8 Å². The molecule has 0 N–H and O–H groups in total. The highest BCUT2D eigenvalue weighted by Crippen LogP contribution is 2.31. The molecule has 0 atom stereocenters. The number of ether oxygens (including phenoxy) is 1. The summed E-state index contributed by atoms with van der Waals surface area (Å²) in [5.41, 5.74) is 2.31. The SMILES string of the molecule is CC1(C)COC(c2ccccc2SCc2cccc3ccccc23)=N1. The first kappa shape index (κ1) is 16.2. The number of hydrogen-bond donors (Lipinski definition) is 0. The van der Waals surface area contributed by atoms with E-state index in [4.69, 9.17) is 9.73 Å². The Labute approximate surface area is 152 Å². The highest BCUT2D eigenvalue weighted by Gasteiger charge is 2.28. The van der Waals surface area contributed by atoms with Gasteiger partial charge < -0.3 is 4.74 Å². The monoisotopic (exact) mass is 347 g/mol. The van der Waals surface area contributed by atoms with Gasteiger partial charge in [-0.15, -0.1) is 11.8 Å². The fourth-order valence-electron chi connectivity index (χ4n) is 3.07. The Hall–Kier alpha value is -2.26.